The Morgan fingerprint density at radius 1 is 0.733 bits per heavy atom. The van der Waals surface area contributed by atoms with E-state index in [1.54, 1.807) is 4.90 Å². The van der Waals surface area contributed by atoms with E-state index in [2.05, 4.69) is 50.5 Å². The highest BCUT2D eigenvalue weighted by Gasteiger charge is 2.38. The van der Waals surface area contributed by atoms with Crippen molar-refractivity contribution in [2.75, 3.05) is 43.4 Å². The van der Waals surface area contributed by atoms with Gasteiger partial charge in [0.25, 0.3) is 0 Å². The third kappa shape index (κ3) is 12.2. The van der Waals surface area contributed by atoms with Gasteiger partial charge in [0.2, 0.25) is 23.7 Å². The molecular formula is C50H57F6N17O2. The van der Waals surface area contributed by atoms with Crippen molar-refractivity contribution < 1.29 is 35.9 Å². The summed E-state index contributed by atoms with van der Waals surface area (Å²) in [4.78, 5) is 59.8. The standard InChI is InChI=1S/C25H30F3N9O.C25H27F3N8O/c1-14(15-4-7-37(8-5-15)23(38)20(31)3-2-6-29)35-24-34-11-16(10-30)21(36-24)19-13-33-22-18(19)9-17(12-32-22)25(26,27)28;1-13(14-2-4-36(5-3-14)23(37)15-6-18(30)7-15)34-24-33-10-16(9-29)21(35-24)20-12-32-22-19(20)8-17(11-31-22)25(26,27)28/h9,11-15,20H,2-8,29,31H2,1H3,(H,32,33)(H,34,35,36);8,10-15,18H,2-7,30H2,1H3,(H,31,32)(H,33,34,35)/t14-,20+;13-,15?,18?/m11/s1. The van der Waals surface area contributed by atoms with Crippen molar-refractivity contribution in [1.29, 1.82) is 10.5 Å². The van der Waals surface area contributed by atoms with Gasteiger partial charge >= 0.3 is 12.4 Å². The van der Waals surface area contributed by atoms with Gasteiger partial charge in [-0.25, -0.2) is 29.9 Å². The van der Waals surface area contributed by atoms with Gasteiger partial charge in [-0.15, -0.1) is 0 Å². The number of carbonyl (C=O) groups is 2. The first kappa shape index (κ1) is 53.8. The summed E-state index contributed by atoms with van der Waals surface area (Å²) < 4.78 is 79.6. The van der Waals surface area contributed by atoms with Crippen molar-refractivity contribution in [2.24, 2.45) is 35.0 Å². The first-order valence-electron chi connectivity index (χ1n) is 24.7. The van der Waals surface area contributed by atoms with Crippen LogP contribution in [0.25, 0.3) is 44.6 Å². The van der Waals surface area contributed by atoms with Crippen LogP contribution in [0.3, 0.4) is 0 Å². The summed E-state index contributed by atoms with van der Waals surface area (Å²) in [6, 6.07) is 5.55. The van der Waals surface area contributed by atoms with Gasteiger partial charge in [-0.05, 0) is 95.7 Å². The van der Waals surface area contributed by atoms with Crippen LogP contribution < -0.4 is 27.8 Å². The molecule has 6 aromatic heterocycles. The molecule has 75 heavy (non-hydrogen) atoms. The number of nitrogens with two attached hydrogens (primary N) is 3. The van der Waals surface area contributed by atoms with E-state index in [4.69, 9.17) is 17.2 Å². The Balaban J connectivity index is 0.000000199. The van der Waals surface area contributed by atoms with Gasteiger partial charge in [0.1, 0.15) is 23.4 Å². The number of hydrogen-bond acceptors (Lipinski definition) is 15. The molecule has 396 valence electrons. The highest BCUT2D eigenvalue weighted by molar-refractivity contribution is 5.95. The van der Waals surface area contributed by atoms with Crippen molar-refractivity contribution in [3.05, 3.63) is 71.6 Å². The molecule has 0 aromatic carbocycles. The first-order chi connectivity index (χ1) is 35.8. The van der Waals surface area contributed by atoms with Crippen molar-refractivity contribution in [3.63, 3.8) is 0 Å². The van der Waals surface area contributed by atoms with E-state index in [1.807, 2.05) is 30.9 Å². The van der Waals surface area contributed by atoms with Gasteiger partial charge in [-0.1, -0.05) is 0 Å². The number of aromatic amines is 2. The number of likely N-dealkylation sites (tertiary alicyclic amines) is 2. The minimum Gasteiger partial charge on any atom is -0.351 e. The molecule has 0 spiro atoms. The zero-order chi connectivity index (χ0) is 53.8. The molecular weight excluding hydrogens is 985 g/mol. The molecule has 9 rings (SSSR count). The van der Waals surface area contributed by atoms with E-state index in [-0.39, 0.29) is 104 Å². The van der Waals surface area contributed by atoms with E-state index in [0.717, 1.165) is 63.1 Å². The number of alkyl halides is 6. The summed E-state index contributed by atoms with van der Waals surface area (Å²) in [5.74, 6) is 1.23. The van der Waals surface area contributed by atoms with Crippen LogP contribution in [0.5, 0.6) is 0 Å². The molecule has 2 amide bonds. The highest BCUT2D eigenvalue weighted by atomic mass is 19.4. The second-order valence-electron chi connectivity index (χ2n) is 19.4. The fourth-order valence-electron chi connectivity index (χ4n) is 9.89. The van der Waals surface area contributed by atoms with Gasteiger partial charge in [0.15, 0.2) is 0 Å². The lowest BCUT2D eigenvalue weighted by atomic mass is 9.79. The van der Waals surface area contributed by atoms with Gasteiger partial charge in [0.05, 0.1) is 52.1 Å². The third-order valence-electron chi connectivity index (χ3n) is 14.4. The number of anilines is 2. The second kappa shape index (κ2) is 22.6. The summed E-state index contributed by atoms with van der Waals surface area (Å²) in [7, 11) is 0. The van der Waals surface area contributed by atoms with Gasteiger partial charge in [0, 0.05) is 96.9 Å². The molecule has 1 saturated carbocycles. The molecule has 25 heteroatoms. The molecule has 2 aliphatic heterocycles. The number of fused-ring (bicyclic) bond motifs is 2. The Kier molecular flexibility index (Phi) is 16.2. The molecule has 6 aromatic rings. The Morgan fingerprint density at radius 2 is 1.17 bits per heavy atom. The lowest BCUT2D eigenvalue weighted by Gasteiger charge is -2.40. The zero-order valence-corrected chi connectivity index (χ0v) is 41.1. The number of hydrogen-bond donors (Lipinski definition) is 7. The monoisotopic (exact) mass is 1040 g/mol. The van der Waals surface area contributed by atoms with Crippen molar-refractivity contribution in [2.45, 2.75) is 102 Å². The second-order valence-corrected chi connectivity index (χ2v) is 19.4. The van der Waals surface area contributed by atoms with Gasteiger partial charge in [-0.2, -0.15) is 36.9 Å². The van der Waals surface area contributed by atoms with Crippen LogP contribution in [-0.2, 0) is 21.9 Å². The number of nitrogens with zero attached hydrogens (tertiary/aromatic N) is 10. The first-order valence-corrected chi connectivity index (χ1v) is 24.7. The normalized spacial score (nSPS) is 18.8. The largest absolute Gasteiger partial charge is 0.417 e. The summed E-state index contributed by atoms with van der Waals surface area (Å²) in [5.41, 5.74) is 17.4. The highest BCUT2D eigenvalue weighted by Crippen LogP contribution is 2.37. The van der Waals surface area contributed by atoms with Crippen LogP contribution in [0, 0.1) is 40.4 Å². The summed E-state index contributed by atoms with van der Waals surface area (Å²) >= 11 is 0. The topological polar surface area (TPSA) is 299 Å². The van der Waals surface area contributed by atoms with Gasteiger partial charge < -0.3 is 47.6 Å². The molecule has 0 unspecified atom stereocenters. The Bertz CT molecular complexity index is 3090. The molecule has 3 atom stereocenters. The smallest absolute Gasteiger partial charge is 0.351 e. The summed E-state index contributed by atoms with van der Waals surface area (Å²) in [6.45, 7) is 7.05. The molecule has 0 bridgehead atoms. The van der Waals surface area contributed by atoms with Crippen LogP contribution in [0.4, 0.5) is 38.2 Å². The van der Waals surface area contributed by atoms with Gasteiger partial charge in [-0.3, -0.25) is 9.59 Å². The summed E-state index contributed by atoms with van der Waals surface area (Å²) in [6.07, 6.45) is 4.09. The number of aromatic nitrogens is 8. The van der Waals surface area contributed by atoms with Crippen LogP contribution >= 0.6 is 0 Å². The number of H-pyrrole nitrogens is 2. The van der Waals surface area contributed by atoms with Crippen LogP contribution in [0.1, 0.15) is 87.5 Å². The van der Waals surface area contributed by atoms with Crippen molar-refractivity contribution >= 4 is 45.8 Å². The third-order valence-corrected chi connectivity index (χ3v) is 14.4. The molecule has 8 heterocycles. The quantitative estimate of drug-likeness (QED) is 0.0592. The Hall–Kier alpha value is -7.48. The van der Waals surface area contributed by atoms with E-state index in [9.17, 15) is 46.5 Å². The number of pyridine rings is 2. The number of nitrogens with one attached hydrogen (secondary N) is 4. The number of piperidine rings is 2. The van der Waals surface area contributed by atoms with Crippen LogP contribution in [-0.4, -0.2) is 118 Å². The van der Waals surface area contributed by atoms with E-state index < -0.39 is 29.5 Å². The molecule has 19 nitrogen and oxygen atoms in total. The number of halogens is 6. The zero-order valence-electron chi connectivity index (χ0n) is 41.1. The molecule has 2 saturated heterocycles. The lowest BCUT2D eigenvalue weighted by molar-refractivity contribution is -0.140. The Morgan fingerprint density at radius 3 is 1.57 bits per heavy atom. The average Bonchev–Trinajstić information content (AvgIpc) is 4.03. The number of rotatable bonds is 13. The van der Waals surface area contributed by atoms with E-state index in [0.29, 0.717) is 56.7 Å². The molecule has 3 aliphatic rings. The van der Waals surface area contributed by atoms with E-state index >= 15 is 0 Å². The maximum atomic E-state index is 13.3. The predicted octanol–water partition coefficient (Wildman–Crippen LogP) is 6.70. The predicted molar refractivity (Wildman–Crippen MR) is 265 cm³/mol. The lowest BCUT2D eigenvalue weighted by Crippen LogP contribution is -2.49. The Labute approximate surface area is 427 Å². The molecule has 0 radical (unpaired) electrons. The number of carbonyl (C=O) groups excluding carboxylic acids is 2. The fraction of sp³-hybridized carbons (Fsp3) is 0.480. The minimum atomic E-state index is -4.56. The summed E-state index contributed by atoms with van der Waals surface area (Å²) in [5, 5.41) is 26.2. The molecule has 1 aliphatic carbocycles. The molecule has 10 N–H and O–H groups in total. The maximum absolute atomic E-state index is 13.3. The van der Waals surface area contributed by atoms with E-state index in [1.165, 1.54) is 24.8 Å². The number of amides is 2. The van der Waals surface area contributed by atoms with Crippen molar-refractivity contribution in [3.8, 4) is 34.7 Å². The average molecular weight is 1040 g/mol. The SMILES string of the molecule is C[C@@H](Nc1ncc(C#N)c(-c2c[nH]c3ncc(C(F)(F)F)cc23)n1)C1CCN(C(=O)C2CC(N)C2)CC1.C[C@@H](Nc1ncc(C#N)c(-c2c[nH]c3ncc(C(F)(F)F)cc23)n1)C1CCN(C(=O)[C@@H](N)CCCN)CC1. The van der Waals surface area contributed by atoms with Crippen LogP contribution in [0.2, 0.25) is 0 Å². The van der Waals surface area contributed by atoms with Crippen molar-refractivity contribution in [1.82, 2.24) is 49.7 Å². The maximum Gasteiger partial charge on any atom is 0.417 e. The minimum absolute atomic E-state index is 0.0170. The fourth-order valence-corrected chi connectivity index (χ4v) is 9.89. The van der Waals surface area contributed by atoms with Crippen LogP contribution in [0.15, 0.2) is 49.3 Å². The molecule has 3 fully saturated rings. The number of nitriles is 2.